The van der Waals surface area contributed by atoms with Crippen molar-refractivity contribution in [2.24, 2.45) is 0 Å². The first-order chi connectivity index (χ1) is 11.2. The van der Waals surface area contributed by atoms with Crippen LogP contribution in [0.2, 0.25) is 0 Å². The van der Waals surface area contributed by atoms with Crippen LogP contribution in [0.1, 0.15) is 11.1 Å². The van der Waals surface area contributed by atoms with Crippen LogP contribution in [0.4, 0.5) is 0 Å². The van der Waals surface area contributed by atoms with Crippen molar-refractivity contribution in [3.63, 3.8) is 0 Å². The molecule has 0 fully saturated rings. The minimum atomic E-state index is -1.18. The molecule has 0 aliphatic heterocycles. The first-order valence-electron chi connectivity index (χ1n) is 7.08. The van der Waals surface area contributed by atoms with Gasteiger partial charge in [-0.2, -0.15) is 5.26 Å². The van der Waals surface area contributed by atoms with Gasteiger partial charge >= 0.3 is 0 Å². The Morgan fingerprint density at radius 3 is 1.96 bits per heavy atom. The van der Waals surface area contributed by atoms with E-state index in [1.165, 1.54) is 0 Å². The van der Waals surface area contributed by atoms with Crippen molar-refractivity contribution >= 4 is 0 Å². The van der Waals surface area contributed by atoms with E-state index in [0.29, 0.717) is 22.6 Å². The molecule has 23 heavy (non-hydrogen) atoms. The van der Waals surface area contributed by atoms with Gasteiger partial charge in [-0.25, -0.2) is 0 Å². The SMILES string of the molecule is C#CC(C#N)(c1ccc(OC)cc1)c1ccc(OCCO)cc1. The molecule has 2 aromatic carbocycles. The van der Waals surface area contributed by atoms with E-state index in [-0.39, 0.29) is 13.2 Å². The molecule has 0 aliphatic rings. The lowest BCUT2D eigenvalue weighted by atomic mass is 9.76. The van der Waals surface area contributed by atoms with Gasteiger partial charge in [0.05, 0.1) is 19.8 Å². The van der Waals surface area contributed by atoms with Crippen LogP contribution >= 0.6 is 0 Å². The predicted molar refractivity (Wildman–Crippen MR) is 87.2 cm³/mol. The van der Waals surface area contributed by atoms with E-state index in [4.69, 9.17) is 21.0 Å². The van der Waals surface area contributed by atoms with E-state index in [1.807, 2.05) is 0 Å². The van der Waals surface area contributed by atoms with Crippen molar-refractivity contribution in [1.82, 2.24) is 0 Å². The van der Waals surface area contributed by atoms with Crippen molar-refractivity contribution in [2.75, 3.05) is 20.3 Å². The summed E-state index contributed by atoms with van der Waals surface area (Å²) < 4.78 is 10.5. The Kier molecular flexibility index (Phi) is 5.25. The highest BCUT2D eigenvalue weighted by atomic mass is 16.5. The molecule has 0 spiro atoms. The number of aliphatic hydroxyl groups excluding tert-OH is 1. The van der Waals surface area contributed by atoms with E-state index < -0.39 is 5.41 Å². The van der Waals surface area contributed by atoms with Gasteiger partial charge in [0.2, 0.25) is 0 Å². The highest BCUT2D eigenvalue weighted by Crippen LogP contribution is 2.33. The smallest absolute Gasteiger partial charge is 0.167 e. The standard InChI is InChI=1S/C19H17NO3/c1-3-19(14-20,15-4-8-17(22-2)9-5-15)16-6-10-18(11-7-16)23-13-12-21/h1,4-11,21H,12-13H2,2H3. The molecule has 116 valence electrons. The summed E-state index contributed by atoms with van der Waals surface area (Å²) in [6.45, 7) is 0.163. The first-order valence-corrected chi connectivity index (χ1v) is 7.08. The fraction of sp³-hybridized carbons (Fsp3) is 0.211. The zero-order chi connectivity index (χ0) is 16.7. The zero-order valence-electron chi connectivity index (χ0n) is 12.8. The van der Waals surface area contributed by atoms with Gasteiger partial charge in [0.1, 0.15) is 18.1 Å². The zero-order valence-corrected chi connectivity index (χ0v) is 12.8. The summed E-state index contributed by atoms with van der Waals surface area (Å²) in [5.74, 6) is 3.93. The second-order valence-electron chi connectivity index (χ2n) is 4.83. The quantitative estimate of drug-likeness (QED) is 0.833. The molecule has 0 bridgehead atoms. The molecule has 0 saturated carbocycles. The minimum absolute atomic E-state index is 0.0555. The summed E-state index contributed by atoms with van der Waals surface area (Å²) in [6, 6.07) is 16.4. The summed E-state index contributed by atoms with van der Waals surface area (Å²) in [5.41, 5.74) is 0.207. The van der Waals surface area contributed by atoms with Crippen LogP contribution in [0.15, 0.2) is 48.5 Å². The number of ether oxygens (including phenoxy) is 2. The largest absolute Gasteiger partial charge is 0.497 e. The summed E-state index contributed by atoms with van der Waals surface area (Å²) in [6.07, 6.45) is 5.70. The summed E-state index contributed by atoms with van der Waals surface area (Å²) in [7, 11) is 1.58. The third kappa shape index (κ3) is 3.29. The average molecular weight is 307 g/mol. The maximum absolute atomic E-state index is 9.73. The third-order valence-corrected chi connectivity index (χ3v) is 3.55. The number of hydrogen-bond donors (Lipinski definition) is 1. The predicted octanol–water partition coefficient (Wildman–Crippen LogP) is 2.51. The molecule has 4 nitrogen and oxygen atoms in total. The molecule has 0 amide bonds. The number of nitriles is 1. The van der Waals surface area contributed by atoms with Crippen LogP contribution in [0.3, 0.4) is 0 Å². The van der Waals surface area contributed by atoms with Crippen LogP contribution in [-0.2, 0) is 5.41 Å². The van der Waals surface area contributed by atoms with Gasteiger partial charge in [-0.1, -0.05) is 30.2 Å². The summed E-state index contributed by atoms with van der Waals surface area (Å²) in [4.78, 5) is 0. The van der Waals surface area contributed by atoms with Crippen LogP contribution in [0, 0.1) is 23.7 Å². The topological polar surface area (TPSA) is 62.5 Å². The van der Waals surface area contributed by atoms with Crippen LogP contribution in [0.5, 0.6) is 11.5 Å². The van der Waals surface area contributed by atoms with Crippen molar-refractivity contribution in [2.45, 2.75) is 5.41 Å². The molecule has 0 aromatic heterocycles. The molecular weight excluding hydrogens is 290 g/mol. The Labute approximate surface area is 135 Å². The lowest BCUT2D eigenvalue weighted by molar-refractivity contribution is 0.201. The Morgan fingerprint density at radius 2 is 1.57 bits per heavy atom. The highest BCUT2D eigenvalue weighted by molar-refractivity contribution is 5.55. The fourth-order valence-electron chi connectivity index (χ4n) is 2.30. The van der Waals surface area contributed by atoms with E-state index in [1.54, 1.807) is 55.6 Å². The van der Waals surface area contributed by atoms with Gasteiger partial charge in [0.15, 0.2) is 5.41 Å². The molecule has 0 radical (unpaired) electrons. The maximum Gasteiger partial charge on any atom is 0.167 e. The molecule has 1 unspecified atom stereocenters. The number of aliphatic hydroxyl groups is 1. The molecule has 0 saturated heterocycles. The number of nitrogens with zero attached hydrogens (tertiary/aromatic N) is 1. The third-order valence-electron chi connectivity index (χ3n) is 3.55. The van der Waals surface area contributed by atoms with Gasteiger partial charge in [-0.3, -0.25) is 0 Å². The monoisotopic (exact) mass is 307 g/mol. The van der Waals surface area contributed by atoms with E-state index in [2.05, 4.69) is 12.0 Å². The Morgan fingerprint density at radius 1 is 1.04 bits per heavy atom. The lowest BCUT2D eigenvalue weighted by Crippen LogP contribution is -2.23. The first kappa shape index (κ1) is 16.4. The number of hydrogen-bond acceptors (Lipinski definition) is 4. The van der Waals surface area contributed by atoms with Crippen LogP contribution in [-0.4, -0.2) is 25.4 Å². The van der Waals surface area contributed by atoms with Crippen molar-refractivity contribution < 1.29 is 14.6 Å². The average Bonchev–Trinajstić information content (AvgIpc) is 2.63. The van der Waals surface area contributed by atoms with Crippen LogP contribution < -0.4 is 9.47 Å². The van der Waals surface area contributed by atoms with Crippen molar-refractivity contribution in [1.29, 1.82) is 5.26 Å². The Hall–Kier alpha value is -2.95. The van der Waals surface area contributed by atoms with Crippen molar-refractivity contribution in [3.05, 3.63) is 59.7 Å². The van der Waals surface area contributed by atoms with Crippen molar-refractivity contribution in [3.8, 4) is 29.9 Å². The fourth-order valence-corrected chi connectivity index (χ4v) is 2.30. The second kappa shape index (κ2) is 7.35. The molecule has 2 rings (SSSR count). The number of rotatable bonds is 6. The molecule has 1 N–H and O–H groups in total. The normalized spacial score (nSPS) is 12.5. The Balaban J connectivity index is 2.40. The number of methoxy groups -OCH3 is 1. The summed E-state index contributed by atoms with van der Waals surface area (Å²) >= 11 is 0. The van der Waals surface area contributed by atoms with Gasteiger partial charge < -0.3 is 14.6 Å². The van der Waals surface area contributed by atoms with Gasteiger partial charge in [-0.05, 0) is 35.4 Å². The number of benzene rings is 2. The number of terminal acetylenes is 1. The molecule has 4 heteroatoms. The van der Waals surface area contributed by atoms with E-state index in [0.717, 1.165) is 0 Å². The maximum atomic E-state index is 9.73. The lowest BCUT2D eigenvalue weighted by Gasteiger charge is -2.22. The Bertz CT molecular complexity index is 707. The second-order valence-corrected chi connectivity index (χ2v) is 4.83. The highest BCUT2D eigenvalue weighted by Gasteiger charge is 2.32. The molecule has 0 heterocycles. The molecule has 2 aromatic rings. The molecule has 1 atom stereocenters. The van der Waals surface area contributed by atoms with E-state index in [9.17, 15) is 5.26 Å². The van der Waals surface area contributed by atoms with E-state index >= 15 is 0 Å². The van der Waals surface area contributed by atoms with Crippen LogP contribution in [0.25, 0.3) is 0 Å². The molecular formula is C19H17NO3. The van der Waals surface area contributed by atoms with Gasteiger partial charge in [0, 0.05) is 0 Å². The minimum Gasteiger partial charge on any atom is -0.497 e. The summed E-state index contributed by atoms with van der Waals surface area (Å²) in [5, 5.41) is 18.5. The van der Waals surface area contributed by atoms with Gasteiger partial charge in [0.25, 0.3) is 0 Å². The molecule has 0 aliphatic carbocycles. The van der Waals surface area contributed by atoms with Gasteiger partial charge in [-0.15, -0.1) is 6.42 Å².